The monoisotopic (exact) mass is 501 g/mol. The van der Waals surface area contributed by atoms with Crippen molar-refractivity contribution < 1.29 is 9.53 Å². The third-order valence-corrected chi connectivity index (χ3v) is 7.58. The van der Waals surface area contributed by atoms with Crippen LogP contribution in [0, 0.1) is 13.8 Å². The highest BCUT2D eigenvalue weighted by molar-refractivity contribution is 6.32. The number of aryl methyl sites for hydroxylation is 3. The van der Waals surface area contributed by atoms with Crippen LogP contribution in [-0.2, 0) is 17.8 Å². The first-order valence-electron chi connectivity index (χ1n) is 12.7. The zero-order valence-corrected chi connectivity index (χ0v) is 21.7. The molecule has 36 heavy (non-hydrogen) atoms. The molecule has 4 aromatic rings. The summed E-state index contributed by atoms with van der Waals surface area (Å²) in [5.41, 5.74) is 5.40. The number of imidazole rings is 1. The Balaban J connectivity index is 1.27. The SMILES string of the molecule is Cc1cc(OCCCn2c(C3CC(=O)N(CCc4ccccc4)C3)nc3ccccc32)cc(C)c1Cl. The molecule has 0 spiro atoms. The molecule has 6 heteroatoms. The second kappa shape index (κ2) is 10.8. The summed E-state index contributed by atoms with van der Waals surface area (Å²) in [4.78, 5) is 19.8. The Kier molecular flexibility index (Phi) is 7.28. The van der Waals surface area contributed by atoms with Crippen molar-refractivity contribution >= 4 is 28.5 Å². The first-order valence-corrected chi connectivity index (χ1v) is 13.0. The lowest BCUT2D eigenvalue weighted by atomic mass is 10.1. The van der Waals surface area contributed by atoms with Gasteiger partial charge in [-0.1, -0.05) is 54.1 Å². The molecule has 0 N–H and O–H groups in total. The zero-order valence-electron chi connectivity index (χ0n) is 20.9. The highest BCUT2D eigenvalue weighted by Gasteiger charge is 2.33. The number of rotatable bonds is 9. The molecule has 0 aliphatic carbocycles. The lowest BCUT2D eigenvalue weighted by molar-refractivity contribution is -0.127. The van der Waals surface area contributed by atoms with Crippen LogP contribution in [0.2, 0.25) is 5.02 Å². The van der Waals surface area contributed by atoms with Crippen molar-refractivity contribution in [3.8, 4) is 5.75 Å². The Morgan fingerprint density at radius 3 is 2.50 bits per heavy atom. The van der Waals surface area contributed by atoms with Crippen molar-refractivity contribution in [1.29, 1.82) is 0 Å². The van der Waals surface area contributed by atoms with Crippen molar-refractivity contribution in [3.05, 3.63) is 94.3 Å². The van der Waals surface area contributed by atoms with Crippen LogP contribution in [0.3, 0.4) is 0 Å². The van der Waals surface area contributed by atoms with Crippen molar-refractivity contribution in [1.82, 2.24) is 14.5 Å². The molecule has 1 aliphatic heterocycles. The van der Waals surface area contributed by atoms with Crippen LogP contribution in [-0.4, -0.2) is 40.1 Å². The summed E-state index contributed by atoms with van der Waals surface area (Å²) >= 11 is 6.29. The number of carbonyl (C=O) groups is 1. The molecule has 0 bridgehead atoms. The predicted molar refractivity (Wildman–Crippen MR) is 145 cm³/mol. The number of carbonyl (C=O) groups excluding carboxylic acids is 1. The van der Waals surface area contributed by atoms with Gasteiger partial charge in [-0.3, -0.25) is 4.79 Å². The summed E-state index contributed by atoms with van der Waals surface area (Å²) in [6, 6.07) is 22.6. The van der Waals surface area contributed by atoms with E-state index in [4.69, 9.17) is 21.3 Å². The van der Waals surface area contributed by atoms with E-state index in [0.29, 0.717) is 13.0 Å². The Bertz CT molecular complexity index is 1340. The molecule has 186 valence electrons. The molecular formula is C30H32ClN3O2. The molecule has 1 amide bonds. The van der Waals surface area contributed by atoms with Crippen LogP contribution < -0.4 is 4.74 Å². The summed E-state index contributed by atoms with van der Waals surface area (Å²) in [6.45, 7) is 6.84. The van der Waals surface area contributed by atoms with E-state index in [1.54, 1.807) is 0 Å². The highest BCUT2D eigenvalue weighted by atomic mass is 35.5. The van der Waals surface area contributed by atoms with Gasteiger partial charge in [0.05, 0.1) is 17.6 Å². The third-order valence-electron chi connectivity index (χ3n) is 6.98. The van der Waals surface area contributed by atoms with Crippen molar-refractivity contribution in [2.75, 3.05) is 19.7 Å². The molecule has 5 nitrogen and oxygen atoms in total. The van der Waals surface area contributed by atoms with E-state index < -0.39 is 0 Å². The maximum atomic E-state index is 12.9. The Hall–Kier alpha value is -3.31. The minimum Gasteiger partial charge on any atom is -0.494 e. The Labute approximate surface area is 217 Å². The van der Waals surface area contributed by atoms with E-state index in [9.17, 15) is 4.79 Å². The van der Waals surface area contributed by atoms with Crippen molar-refractivity contribution in [3.63, 3.8) is 0 Å². The summed E-state index contributed by atoms with van der Waals surface area (Å²) in [6.07, 6.45) is 2.22. The fraction of sp³-hybridized carbons (Fsp3) is 0.333. The number of amides is 1. The standard InChI is InChI=1S/C30H32ClN3O2/c1-21-17-25(18-22(2)29(21)31)36-16-8-14-34-27-12-7-6-11-26(27)32-30(34)24-19-28(35)33(20-24)15-13-23-9-4-3-5-10-23/h3-7,9-12,17-18,24H,8,13-16,19-20H2,1-2H3. The van der Waals surface area contributed by atoms with Gasteiger partial charge in [0.2, 0.25) is 5.91 Å². The Morgan fingerprint density at radius 2 is 1.72 bits per heavy atom. The van der Waals surface area contributed by atoms with Gasteiger partial charge in [-0.25, -0.2) is 4.98 Å². The largest absolute Gasteiger partial charge is 0.494 e. The lowest BCUT2D eigenvalue weighted by Crippen LogP contribution is -2.27. The van der Waals surface area contributed by atoms with Crippen LogP contribution in [0.1, 0.15) is 41.3 Å². The minimum absolute atomic E-state index is 0.100. The highest BCUT2D eigenvalue weighted by Crippen LogP contribution is 2.31. The number of hydrogen-bond donors (Lipinski definition) is 0. The maximum absolute atomic E-state index is 12.9. The number of likely N-dealkylation sites (tertiary alicyclic amines) is 1. The zero-order chi connectivity index (χ0) is 25.1. The lowest BCUT2D eigenvalue weighted by Gasteiger charge is -2.17. The Morgan fingerprint density at radius 1 is 1.00 bits per heavy atom. The normalized spacial score (nSPS) is 15.7. The van der Waals surface area contributed by atoms with E-state index in [0.717, 1.165) is 71.2 Å². The molecule has 1 unspecified atom stereocenters. The number of aromatic nitrogens is 2. The molecule has 1 aromatic heterocycles. The fourth-order valence-corrected chi connectivity index (χ4v) is 5.22. The fourth-order valence-electron chi connectivity index (χ4n) is 5.11. The summed E-state index contributed by atoms with van der Waals surface area (Å²) in [7, 11) is 0. The molecular weight excluding hydrogens is 470 g/mol. The van der Waals surface area contributed by atoms with Crippen LogP contribution in [0.25, 0.3) is 11.0 Å². The van der Waals surface area contributed by atoms with Gasteiger partial charge < -0.3 is 14.2 Å². The quantitative estimate of drug-likeness (QED) is 0.252. The molecule has 0 radical (unpaired) electrons. The molecule has 0 saturated carbocycles. The molecule has 1 atom stereocenters. The average molecular weight is 502 g/mol. The van der Waals surface area contributed by atoms with Crippen LogP contribution in [0.5, 0.6) is 5.75 Å². The smallest absolute Gasteiger partial charge is 0.223 e. The minimum atomic E-state index is 0.100. The molecule has 5 rings (SSSR count). The van der Waals surface area contributed by atoms with Gasteiger partial charge >= 0.3 is 0 Å². The number of halogens is 1. The number of para-hydroxylation sites is 2. The molecule has 2 heterocycles. The van der Waals surface area contributed by atoms with Crippen molar-refractivity contribution in [2.24, 2.45) is 0 Å². The second-order valence-corrected chi connectivity index (χ2v) is 10.0. The van der Waals surface area contributed by atoms with Crippen LogP contribution in [0.15, 0.2) is 66.7 Å². The van der Waals surface area contributed by atoms with Gasteiger partial charge in [-0.2, -0.15) is 0 Å². The first kappa shape index (κ1) is 24.4. The number of ether oxygens (including phenoxy) is 1. The topological polar surface area (TPSA) is 47.4 Å². The van der Waals surface area contributed by atoms with Crippen LogP contribution >= 0.6 is 11.6 Å². The number of fused-ring (bicyclic) bond motifs is 1. The van der Waals surface area contributed by atoms with E-state index >= 15 is 0 Å². The van der Waals surface area contributed by atoms with E-state index in [-0.39, 0.29) is 11.8 Å². The molecule has 1 saturated heterocycles. The van der Waals surface area contributed by atoms with E-state index in [2.05, 4.69) is 28.8 Å². The van der Waals surface area contributed by atoms with Gasteiger partial charge in [0.15, 0.2) is 0 Å². The number of hydrogen-bond acceptors (Lipinski definition) is 3. The summed E-state index contributed by atoms with van der Waals surface area (Å²) < 4.78 is 8.34. The van der Waals surface area contributed by atoms with Crippen LogP contribution in [0.4, 0.5) is 0 Å². The molecule has 3 aromatic carbocycles. The number of benzene rings is 3. The number of nitrogens with zero attached hydrogens (tertiary/aromatic N) is 3. The van der Waals surface area contributed by atoms with Crippen molar-refractivity contribution in [2.45, 2.75) is 45.6 Å². The first-order chi connectivity index (χ1) is 17.5. The van der Waals surface area contributed by atoms with Gasteiger partial charge in [0, 0.05) is 37.0 Å². The summed E-state index contributed by atoms with van der Waals surface area (Å²) in [5, 5.41) is 0.792. The van der Waals surface area contributed by atoms with E-state index in [1.807, 2.05) is 61.2 Å². The predicted octanol–water partition coefficient (Wildman–Crippen LogP) is 6.33. The maximum Gasteiger partial charge on any atom is 0.223 e. The third kappa shape index (κ3) is 5.26. The van der Waals surface area contributed by atoms with Gasteiger partial charge in [-0.05, 0) is 67.6 Å². The van der Waals surface area contributed by atoms with Gasteiger partial charge in [0.25, 0.3) is 0 Å². The molecule has 1 aliphatic rings. The second-order valence-electron chi connectivity index (χ2n) is 9.66. The summed E-state index contributed by atoms with van der Waals surface area (Å²) in [5.74, 6) is 2.17. The van der Waals surface area contributed by atoms with E-state index in [1.165, 1.54) is 5.56 Å². The van der Waals surface area contributed by atoms with Gasteiger partial charge in [0.1, 0.15) is 11.6 Å². The molecule has 1 fully saturated rings. The average Bonchev–Trinajstić information content (AvgIpc) is 3.44. The van der Waals surface area contributed by atoms with Gasteiger partial charge in [-0.15, -0.1) is 0 Å².